The Morgan fingerprint density at radius 3 is 2.57 bits per heavy atom. The first-order valence-corrected chi connectivity index (χ1v) is 11.0. The van der Waals surface area contributed by atoms with Crippen molar-refractivity contribution < 1.29 is 17.9 Å². The van der Waals surface area contributed by atoms with Crippen LogP contribution in [0.25, 0.3) is 10.6 Å². The minimum atomic E-state index is -3.65. The SMILES string of the molecule is COc1ccc(S(=O)(=O)NCCc2csc(-c3cccc(C)c3)n2)cc1OC. The lowest BCUT2D eigenvalue weighted by molar-refractivity contribution is 0.354. The van der Waals surface area contributed by atoms with Crippen LogP contribution in [0.4, 0.5) is 0 Å². The monoisotopic (exact) mass is 418 g/mol. The van der Waals surface area contributed by atoms with Gasteiger partial charge in [0.15, 0.2) is 11.5 Å². The molecular weight excluding hydrogens is 396 g/mol. The van der Waals surface area contributed by atoms with Gasteiger partial charge in [-0.25, -0.2) is 18.1 Å². The number of methoxy groups -OCH3 is 2. The summed E-state index contributed by atoms with van der Waals surface area (Å²) >= 11 is 1.56. The Morgan fingerprint density at radius 2 is 1.86 bits per heavy atom. The van der Waals surface area contributed by atoms with Crippen molar-refractivity contribution in [3.8, 4) is 22.1 Å². The average Bonchev–Trinajstić information content (AvgIpc) is 3.16. The predicted octanol–water partition coefficient (Wildman–Crippen LogP) is 3.66. The summed E-state index contributed by atoms with van der Waals surface area (Å²) in [6.07, 6.45) is 0.509. The Balaban J connectivity index is 1.65. The molecule has 1 N–H and O–H groups in total. The van der Waals surface area contributed by atoms with Gasteiger partial charge in [-0.1, -0.05) is 23.8 Å². The highest BCUT2D eigenvalue weighted by Gasteiger charge is 2.17. The van der Waals surface area contributed by atoms with Crippen LogP contribution in [-0.2, 0) is 16.4 Å². The van der Waals surface area contributed by atoms with Crippen LogP contribution in [0.2, 0.25) is 0 Å². The van der Waals surface area contributed by atoms with Crippen LogP contribution in [0.3, 0.4) is 0 Å². The fourth-order valence-electron chi connectivity index (χ4n) is 2.71. The van der Waals surface area contributed by atoms with E-state index in [1.165, 1.54) is 31.9 Å². The maximum atomic E-state index is 12.5. The minimum Gasteiger partial charge on any atom is -0.493 e. The first kappa shape index (κ1) is 20.3. The van der Waals surface area contributed by atoms with E-state index in [1.54, 1.807) is 17.4 Å². The van der Waals surface area contributed by atoms with E-state index in [9.17, 15) is 8.42 Å². The molecule has 2 aromatic carbocycles. The Kier molecular flexibility index (Phi) is 6.33. The standard InChI is InChI=1S/C20H22N2O4S2/c1-14-5-4-6-15(11-14)20-22-16(13-27-20)9-10-21-28(23,24)17-7-8-18(25-2)19(12-17)26-3/h4-8,11-13,21H,9-10H2,1-3H3. The molecule has 1 heterocycles. The van der Waals surface area contributed by atoms with E-state index >= 15 is 0 Å². The lowest BCUT2D eigenvalue weighted by atomic mass is 10.1. The molecule has 0 atom stereocenters. The van der Waals surface area contributed by atoms with Crippen molar-refractivity contribution in [3.63, 3.8) is 0 Å². The highest BCUT2D eigenvalue weighted by Crippen LogP contribution is 2.29. The zero-order chi connectivity index (χ0) is 20.1. The number of aryl methyl sites for hydroxylation is 1. The van der Waals surface area contributed by atoms with Crippen LogP contribution in [0.15, 0.2) is 52.7 Å². The molecule has 0 fully saturated rings. The Hall–Kier alpha value is -2.42. The van der Waals surface area contributed by atoms with Crippen molar-refractivity contribution >= 4 is 21.4 Å². The highest BCUT2D eigenvalue weighted by atomic mass is 32.2. The second kappa shape index (κ2) is 8.72. The fraction of sp³-hybridized carbons (Fsp3) is 0.250. The molecule has 0 amide bonds. The lowest BCUT2D eigenvalue weighted by Gasteiger charge is -2.10. The number of ether oxygens (including phenoxy) is 2. The molecule has 1 aromatic heterocycles. The van der Waals surface area contributed by atoms with Crippen molar-refractivity contribution in [1.29, 1.82) is 0 Å². The van der Waals surface area contributed by atoms with Gasteiger partial charge in [-0.2, -0.15) is 0 Å². The van der Waals surface area contributed by atoms with Crippen LogP contribution < -0.4 is 14.2 Å². The van der Waals surface area contributed by atoms with Crippen molar-refractivity contribution in [2.75, 3.05) is 20.8 Å². The first-order chi connectivity index (χ1) is 13.4. The molecule has 0 saturated heterocycles. The number of nitrogens with zero attached hydrogens (tertiary/aromatic N) is 1. The van der Waals surface area contributed by atoms with E-state index < -0.39 is 10.0 Å². The molecule has 8 heteroatoms. The number of sulfonamides is 1. The first-order valence-electron chi connectivity index (χ1n) is 8.66. The van der Waals surface area contributed by atoms with E-state index in [-0.39, 0.29) is 11.4 Å². The third-order valence-electron chi connectivity index (χ3n) is 4.16. The molecule has 3 rings (SSSR count). The lowest BCUT2D eigenvalue weighted by Crippen LogP contribution is -2.26. The van der Waals surface area contributed by atoms with E-state index in [0.29, 0.717) is 17.9 Å². The number of thiazole rings is 1. The maximum Gasteiger partial charge on any atom is 0.240 e. The Morgan fingerprint density at radius 1 is 1.07 bits per heavy atom. The van der Waals surface area contributed by atoms with E-state index in [2.05, 4.69) is 15.8 Å². The molecule has 0 aliphatic heterocycles. The normalized spacial score (nSPS) is 11.4. The summed E-state index contributed by atoms with van der Waals surface area (Å²) in [5, 5.41) is 2.89. The summed E-state index contributed by atoms with van der Waals surface area (Å²) in [6, 6.07) is 12.7. The molecule has 0 aliphatic carbocycles. The van der Waals surface area contributed by atoms with Crippen molar-refractivity contribution in [2.24, 2.45) is 0 Å². The third-order valence-corrected chi connectivity index (χ3v) is 6.55. The second-order valence-corrected chi connectivity index (χ2v) is 8.80. The maximum absolute atomic E-state index is 12.5. The van der Waals surface area contributed by atoms with Gasteiger partial charge in [0.1, 0.15) is 5.01 Å². The van der Waals surface area contributed by atoms with Crippen LogP contribution in [0.1, 0.15) is 11.3 Å². The molecular formula is C20H22N2O4S2. The smallest absolute Gasteiger partial charge is 0.240 e. The van der Waals surface area contributed by atoms with Gasteiger partial charge in [-0.15, -0.1) is 11.3 Å². The molecule has 28 heavy (non-hydrogen) atoms. The van der Waals surface area contributed by atoms with Gasteiger partial charge in [0.05, 0.1) is 24.8 Å². The molecule has 0 saturated carbocycles. The molecule has 0 bridgehead atoms. The van der Waals surface area contributed by atoms with Gasteiger partial charge < -0.3 is 9.47 Å². The minimum absolute atomic E-state index is 0.129. The summed E-state index contributed by atoms with van der Waals surface area (Å²) in [5.41, 5.74) is 3.11. The average molecular weight is 419 g/mol. The predicted molar refractivity (Wildman–Crippen MR) is 111 cm³/mol. The van der Waals surface area contributed by atoms with E-state index in [1.807, 2.05) is 30.5 Å². The highest BCUT2D eigenvalue weighted by molar-refractivity contribution is 7.89. The number of nitrogens with one attached hydrogen (secondary N) is 1. The summed E-state index contributed by atoms with van der Waals surface area (Å²) in [6.45, 7) is 2.30. The topological polar surface area (TPSA) is 77.5 Å². The van der Waals surface area contributed by atoms with Crippen molar-refractivity contribution in [3.05, 3.63) is 59.1 Å². The van der Waals surface area contributed by atoms with Gasteiger partial charge in [-0.3, -0.25) is 0 Å². The van der Waals surface area contributed by atoms with Gasteiger partial charge in [0, 0.05) is 30.0 Å². The van der Waals surface area contributed by atoms with Crippen molar-refractivity contribution in [1.82, 2.24) is 9.71 Å². The van der Waals surface area contributed by atoms with Crippen LogP contribution >= 0.6 is 11.3 Å². The van der Waals surface area contributed by atoms with Crippen LogP contribution in [0.5, 0.6) is 11.5 Å². The number of benzene rings is 2. The summed E-state index contributed by atoms with van der Waals surface area (Å²) in [4.78, 5) is 4.74. The number of hydrogen-bond acceptors (Lipinski definition) is 6. The molecule has 0 aliphatic rings. The zero-order valence-corrected chi connectivity index (χ0v) is 17.6. The summed E-state index contributed by atoms with van der Waals surface area (Å²) in [5.74, 6) is 0.847. The van der Waals surface area contributed by atoms with Gasteiger partial charge in [0.25, 0.3) is 0 Å². The van der Waals surface area contributed by atoms with Gasteiger partial charge >= 0.3 is 0 Å². The van der Waals surface area contributed by atoms with Crippen LogP contribution in [-0.4, -0.2) is 34.2 Å². The molecule has 148 valence electrons. The zero-order valence-electron chi connectivity index (χ0n) is 15.9. The fourth-order valence-corrected chi connectivity index (χ4v) is 4.61. The summed E-state index contributed by atoms with van der Waals surface area (Å²) < 4.78 is 38.0. The number of rotatable bonds is 8. The molecule has 0 unspecified atom stereocenters. The Bertz CT molecular complexity index is 1060. The molecule has 6 nitrogen and oxygen atoms in total. The molecule has 3 aromatic rings. The van der Waals surface area contributed by atoms with Crippen LogP contribution in [0, 0.1) is 6.92 Å². The van der Waals surface area contributed by atoms with Crippen molar-refractivity contribution in [2.45, 2.75) is 18.2 Å². The molecule has 0 spiro atoms. The van der Waals surface area contributed by atoms with E-state index in [4.69, 9.17) is 9.47 Å². The van der Waals surface area contributed by atoms with Gasteiger partial charge in [0.2, 0.25) is 10.0 Å². The van der Waals surface area contributed by atoms with E-state index in [0.717, 1.165) is 16.3 Å². The second-order valence-electron chi connectivity index (χ2n) is 6.18. The molecule has 0 radical (unpaired) electrons. The van der Waals surface area contributed by atoms with Gasteiger partial charge in [-0.05, 0) is 25.1 Å². The largest absolute Gasteiger partial charge is 0.493 e. The third kappa shape index (κ3) is 4.70. The Labute approximate surface area is 169 Å². The number of hydrogen-bond donors (Lipinski definition) is 1. The quantitative estimate of drug-likeness (QED) is 0.604. The number of aromatic nitrogens is 1. The summed E-state index contributed by atoms with van der Waals surface area (Å²) in [7, 11) is -0.678.